The largest absolute Gasteiger partial charge is 0.756 e. The van der Waals surface area contributed by atoms with Crippen molar-refractivity contribution in [3.8, 4) is 0 Å². The van der Waals surface area contributed by atoms with E-state index < -0.39 is 26.6 Å². The molecule has 0 aromatic heterocycles. The molecule has 0 aromatic carbocycles. The molecule has 1 N–H and O–H groups in total. The Morgan fingerprint density at radius 1 is 0.474 bits per heavy atom. The maximum absolute atomic E-state index is 13.5. The fraction of sp³-hybridized carbons (Fsp3) is 0.706. The Morgan fingerprint density at radius 2 is 0.859 bits per heavy atom. The third-order valence-corrected chi connectivity index (χ3v) is 14.4. The van der Waals surface area contributed by atoms with Gasteiger partial charge in [0.1, 0.15) is 19.3 Å². The number of rotatable bonds is 56. The lowest BCUT2D eigenvalue weighted by molar-refractivity contribution is -0.870. The summed E-state index contributed by atoms with van der Waals surface area (Å²) in [6.07, 6.45) is 77.7. The zero-order valence-corrected chi connectivity index (χ0v) is 52.0. The Hall–Kier alpha value is -3.33. The van der Waals surface area contributed by atoms with Gasteiger partial charge in [0.2, 0.25) is 5.91 Å². The molecular weight excluding hydrogens is 988 g/mol. The van der Waals surface area contributed by atoms with Crippen LogP contribution in [0.4, 0.5) is 0 Å². The molecule has 0 spiro atoms. The average molecular weight is 1110 g/mol. The fourth-order valence-electron chi connectivity index (χ4n) is 8.57. The molecule has 0 bridgehead atoms. The number of nitrogens with one attached hydrogen (secondary N) is 1. The van der Waals surface area contributed by atoms with Gasteiger partial charge in [-0.1, -0.05) is 246 Å². The number of carbonyl (C=O) groups is 2. The van der Waals surface area contributed by atoms with E-state index in [-0.39, 0.29) is 31.3 Å². The van der Waals surface area contributed by atoms with Crippen LogP contribution in [-0.4, -0.2) is 69.4 Å². The van der Waals surface area contributed by atoms with E-state index in [1.807, 2.05) is 33.3 Å². The van der Waals surface area contributed by atoms with Crippen molar-refractivity contribution in [2.45, 2.75) is 270 Å². The van der Waals surface area contributed by atoms with Crippen molar-refractivity contribution < 1.29 is 37.3 Å². The van der Waals surface area contributed by atoms with Gasteiger partial charge in [-0.05, 0) is 109 Å². The van der Waals surface area contributed by atoms with E-state index in [0.717, 1.165) is 109 Å². The van der Waals surface area contributed by atoms with Crippen LogP contribution in [0.25, 0.3) is 0 Å². The van der Waals surface area contributed by atoms with E-state index >= 15 is 0 Å². The minimum Gasteiger partial charge on any atom is -0.756 e. The van der Waals surface area contributed by atoms with Crippen LogP contribution < -0.4 is 10.2 Å². The van der Waals surface area contributed by atoms with Gasteiger partial charge in [-0.3, -0.25) is 14.2 Å². The Kier molecular flexibility index (Phi) is 54.5. The Labute approximate surface area is 481 Å². The molecule has 0 aliphatic heterocycles. The minimum atomic E-state index is -4.72. The molecule has 3 atom stereocenters. The molecule has 0 saturated carbocycles. The molecule has 0 aliphatic carbocycles. The lowest BCUT2D eigenvalue weighted by Crippen LogP contribution is -2.47. The van der Waals surface area contributed by atoms with Gasteiger partial charge in [0.05, 0.1) is 33.8 Å². The SMILES string of the molecule is CC/C=C\C/C=C\C/C=C\C/C=C\C/C=C\C/C=C\CCCCCCC(=O)OC(/C=C\CCCCCCCCCCCCC)C(COP(=O)([O-])OCC[N+](C)(C)C)NC(=O)CCCCC/C=C/C=C/CCCCCCCCC. The average Bonchev–Trinajstić information content (AvgIpc) is 3.40. The number of hydrogen-bond donors (Lipinski definition) is 1. The molecule has 0 radical (unpaired) electrons. The number of esters is 1. The molecule has 0 heterocycles. The van der Waals surface area contributed by atoms with Crippen LogP contribution in [0.15, 0.2) is 109 Å². The van der Waals surface area contributed by atoms with E-state index in [1.165, 1.54) is 103 Å². The van der Waals surface area contributed by atoms with Crippen LogP contribution in [-0.2, 0) is 27.9 Å². The molecule has 78 heavy (non-hydrogen) atoms. The molecule has 3 unspecified atom stereocenters. The third kappa shape index (κ3) is 57.4. The minimum absolute atomic E-state index is 0.0370. The standard InChI is InChI=1S/C68H119N2O7P/c1-7-10-13-16-19-22-25-28-30-32-33-34-35-36-37-38-40-43-46-49-52-55-58-61-68(72)77-66(59-56-53-50-47-44-41-27-24-21-18-15-12-9-3)65(64-76-78(73,74)75-63-62-70(4,5)6)69-67(71)60-57-54-51-48-45-42-39-31-29-26-23-20-17-14-11-8-2/h10,13,19,22,28,30-31,33-34,36-37,39-40,42-43,45,56,59,65-66H,7-9,11-12,14-18,20-21,23-27,29,32,35,38,41,44,46-55,57-58,60-64H2,1-6H3,(H-,69,71,73,74)/b13-10-,22-19-,30-28-,34-33-,37-36-,39-31+,43-40-,45-42+,59-56-. The number of amides is 1. The van der Waals surface area contributed by atoms with Crippen molar-refractivity contribution in [2.24, 2.45) is 0 Å². The summed E-state index contributed by atoms with van der Waals surface area (Å²) in [6, 6.07) is -0.920. The zero-order chi connectivity index (χ0) is 57.2. The smallest absolute Gasteiger partial charge is 0.306 e. The predicted octanol–water partition coefficient (Wildman–Crippen LogP) is 19.1. The predicted molar refractivity (Wildman–Crippen MR) is 334 cm³/mol. The second-order valence-corrected chi connectivity index (χ2v) is 23.6. The van der Waals surface area contributed by atoms with Crippen LogP contribution in [0.1, 0.15) is 258 Å². The highest BCUT2D eigenvalue weighted by Gasteiger charge is 2.27. The van der Waals surface area contributed by atoms with E-state index in [1.54, 1.807) is 0 Å². The van der Waals surface area contributed by atoms with Crippen LogP contribution in [0.2, 0.25) is 0 Å². The summed E-state index contributed by atoms with van der Waals surface area (Å²) in [6.45, 7) is 6.68. The number of carbonyl (C=O) groups excluding carboxylic acids is 2. The number of ether oxygens (including phenoxy) is 1. The summed E-state index contributed by atoms with van der Waals surface area (Å²) in [5.41, 5.74) is 0. The fourth-order valence-corrected chi connectivity index (χ4v) is 9.30. The van der Waals surface area contributed by atoms with Crippen molar-refractivity contribution in [2.75, 3.05) is 40.9 Å². The summed E-state index contributed by atoms with van der Waals surface area (Å²) in [7, 11) is 1.14. The van der Waals surface area contributed by atoms with Gasteiger partial charge < -0.3 is 28.5 Å². The van der Waals surface area contributed by atoms with Crippen LogP contribution in [0.5, 0.6) is 0 Å². The second-order valence-electron chi connectivity index (χ2n) is 22.2. The van der Waals surface area contributed by atoms with Crippen molar-refractivity contribution in [3.05, 3.63) is 109 Å². The number of phosphoric ester groups is 1. The summed E-state index contributed by atoms with van der Waals surface area (Å²) < 4.78 is 30.3. The molecule has 10 heteroatoms. The molecule has 0 fully saturated rings. The van der Waals surface area contributed by atoms with Crippen LogP contribution in [0.3, 0.4) is 0 Å². The van der Waals surface area contributed by atoms with Crippen molar-refractivity contribution in [3.63, 3.8) is 0 Å². The first kappa shape index (κ1) is 74.7. The number of quaternary nitrogens is 1. The molecule has 0 aromatic rings. The molecule has 0 rings (SSSR count). The van der Waals surface area contributed by atoms with Gasteiger partial charge in [-0.25, -0.2) is 0 Å². The van der Waals surface area contributed by atoms with Gasteiger partial charge in [0.15, 0.2) is 0 Å². The molecule has 448 valence electrons. The van der Waals surface area contributed by atoms with Crippen LogP contribution in [0, 0.1) is 0 Å². The van der Waals surface area contributed by atoms with Gasteiger partial charge in [0.25, 0.3) is 7.82 Å². The second kappa shape index (κ2) is 56.9. The lowest BCUT2D eigenvalue weighted by Gasteiger charge is -2.30. The highest BCUT2D eigenvalue weighted by atomic mass is 31.2. The normalized spacial score (nSPS) is 14.4. The summed E-state index contributed by atoms with van der Waals surface area (Å²) in [5, 5.41) is 3.01. The van der Waals surface area contributed by atoms with Crippen molar-refractivity contribution in [1.29, 1.82) is 0 Å². The zero-order valence-electron chi connectivity index (χ0n) is 51.1. The van der Waals surface area contributed by atoms with Gasteiger partial charge in [-0.15, -0.1) is 0 Å². The van der Waals surface area contributed by atoms with E-state index in [9.17, 15) is 19.0 Å². The third-order valence-electron chi connectivity index (χ3n) is 13.5. The number of allylic oxidation sites excluding steroid dienone is 17. The number of nitrogens with zero attached hydrogens (tertiary/aromatic N) is 1. The number of likely N-dealkylation sites (N-methyl/N-ethyl adjacent to an activating group) is 1. The summed E-state index contributed by atoms with van der Waals surface area (Å²) in [5.74, 6) is -0.605. The summed E-state index contributed by atoms with van der Waals surface area (Å²) in [4.78, 5) is 40.0. The lowest BCUT2D eigenvalue weighted by atomic mass is 10.0. The van der Waals surface area contributed by atoms with Crippen molar-refractivity contribution >= 4 is 19.7 Å². The van der Waals surface area contributed by atoms with E-state index in [2.05, 4.69) is 123 Å². The monoisotopic (exact) mass is 1110 g/mol. The van der Waals surface area contributed by atoms with Gasteiger partial charge in [-0.2, -0.15) is 0 Å². The maximum atomic E-state index is 13.5. The van der Waals surface area contributed by atoms with Gasteiger partial charge >= 0.3 is 5.97 Å². The first-order valence-electron chi connectivity index (χ1n) is 31.7. The van der Waals surface area contributed by atoms with Crippen LogP contribution >= 0.6 is 7.82 Å². The summed E-state index contributed by atoms with van der Waals surface area (Å²) >= 11 is 0. The Bertz CT molecular complexity index is 1700. The topological polar surface area (TPSA) is 114 Å². The molecule has 0 saturated heterocycles. The van der Waals surface area contributed by atoms with Crippen molar-refractivity contribution in [1.82, 2.24) is 5.32 Å². The highest BCUT2D eigenvalue weighted by molar-refractivity contribution is 7.45. The van der Waals surface area contributed by atoms with Gasteiger partial charge in [0, 0.05) is 12.8 Å². The van der Waals surface area contributed by atoms with E-state index in [4.69, 9.17) is 13.8 Å². The molecule has 9 nitrogen and oxygen atoms in total. The number of phosphoric acid groups is 1. The van der Waals surface area contributed by atoms with E-state index in [0.29, 0.717) is 23.9 Å². The quantitative estimate of drug-likeness (QED) is 0.0161. The number of unbranched alkanes of at least 4 members (excludes halogenated alkanes) is 25. The molecule has 1 amide bonds. The highest BCUT2D eigenvalue weighted by Crippen LogP contribution is 2.38. The maximum Gasteiger partial charge on any atom is 0.306 e. The molecule has 0 aliphatic rings. The Balaban J connectivity index is 5.36. The molecular formula is C68H119N2O7P. The first-order valence-corrected chi connectivity index (χ1v) is 33.2. The number of hydrogen-bond acceptors (Lipinski definition) is 7. The first-order chi connectivity index (χ1) is 37.9. The Morgan fingerprint density at radius 3 is 1.32 bits per heavy atom.